The number of aromatic nitrogens is 2. The monoisotopic (exact) mass is 409 g/mol. The number of nitrogens with zero attached hydrogens (tertiary/aromatic N) is 4. The van der Waals surface area contributed by atoms with Gasteiger partial charge in [-0.05, 0) is 57.5 Å². The Morgan fingerprint density at radius 2 is 2.23 bits per heavy atom. The topological polar surface area (TPSA) is 106 Å². The smallest absolute Gasteiger partial charge is 0.249 e. The predicted molar refractivity (Wildman–Crippen MR) is 112 cm³/mol. The number of piperidine rings is 1. The minimum absolute atomic E-state index is 0.0523. The lowest BCUT2D eigenvalue weighted by Crippen LogP contribution is -2.55. The number of benzene rings is 1. The molecule has 30 heavy (non-hydrogen) atoms. The molecule has 0 saturated carbocycles. The summed E-state index contributed by atoms with van der Waals surface area (Å²) in [6.07, 6.45) is 1.80. The first-order valence-corrected chi connectivity index (χ1v) is 10.1. The van der Waals surface area contributed by atoms with E-state index in [1.165, 1.54) is 12.1 Å². The molecule has 2 atom stereocenters. The van der Waals surface area contributed by atoms with Gasteiger partial charge in [0.25, 0.3) is 0 Å². The second-order valence-electron chi connectivity index (χ2n) is 7.78. The minimum Gasteiger partial charge on any atom is -0.384 e. The van der Waals surface area contributed by atoms with E-state index in [0.717, 1.165) is 19.4 Å². The van der Waals surface area contributed by atoms with Gasteiger partial charge in [0.1, 0.15) is 23.2 Å². The quantitative estimate of drug-likeness (QED) is 0.697. The number of hydrogen-bond acceptors (Lipinski definition) is 7. The summed E-state index contributed by atoms with van der Waals surface area (Å²) in [6.45, 7) is 5.74. The van der Waals surface area contributed by atoms with E-state index in [0.29, 0.717) is 35.8 Å². The van der Waals surface area contributed by atoms with Crippen LogP contribution in [0.5, 0.6) is 0 Å². The van der Waals surface area contributed by atoms with Gasteiger partial charge >= 0.3 is 0 Å². The van der Waals surface area contributed by atoms with Crippen molar-refractivity contribution in [1.29, 1.82) is 5.26 Å². The van der Waals surface area contributed by atoms with E-state index in [2.05, 4.69) is 31.0 Å². The zero-order valence-corrected chi connectivity index (χ0v) is 17.0. The van der Waals surface area contributed by atoms with Gasteiger partial charge in [0.05, 0.1) is 11.4 Å². The van der Waals surface area contributed by atoms with Crippen LogP contribution in [0.4, 0.5) is 21.6 Å². The summed E-state index contributed by atoms with van der Waals surface area (Å²) in [5.74, 6) is 0.0655. The highest BCUT2D eigenvalue weighted by molar-refractivity contribution is 6.08. The van der Waals surface area contributed by atoms with Crippen LogP contribution < -0.4 is 16.0 Å². The zero-order valence-electron chi connectivity index (χ0n) is 17.0. The van der Waals surface area contributed by atoms with Crippen LogP contribution in [0.2, 0.25) is 0 Å². The number of amides is 1. The van der Waals surface area contributed by atoms with E-state index in [4.69, 9.17) is 5.26 Å². The molecule has 2 aliphatic heterocycles. The largest absolute Gasteiger partial charge is 0.384 e. The molecule has 0 bridgehead atoms. The average molecular weight is 409 g/mol. The Bertz CT molecular complexity index is 1000. The van der Waals surface area contributed by atoms with E-state index in [1.807, 2.05) is 19.9 Å². The van der Waals surface area contributed by atoms with Gasteiger partial charge < -0.3 is 16.0 Å². The van der Waals surface area contributed by atoms with Crippen molar-refractivity contribution >= 4 is 23.1 Å². The molecule has 1 fully saturated rings. The van der Waals surface area contributed by atoms with E-state index in [1.54, 1.807) is 12.1 Å². The highest BCUT2D eigenvalue weighted by atomic mass is 19.1. The summed E-state index contributed by atoms with van der Waals surface area (Å²) in [5, 5.41) is 26.2. The van der Waals surface area contributed by atoms with Crippen molar-refractivity contribution in [3.8, 4) is 6.07 Å². The number of carbonyl (C=O) groups is 1. The molecule has 1 aromatic heterocycles. The average Bonchev–Trinajstić information content (AvgIpc) is 3.01. The van der Waals surface area contributed by atoms with Crippen molar-refractivity contribution < 1.29 is 9.18 Å². The minimum atomic E-state index is -0.960. The van der Waals surface area contributed by atoms with Gasteiger partial charge in [-0.1, -0.05) is 0 Å². The molecule has 8 nitrogen and oxygen atoms in total. The molecule has 0 aliphatic carbocycles. The summed E-state index contributed by atoms with van der Waals surface area (Å²) in [6, 6.07) is 8.21. The van der Waals surface area contributed by atoms with Crippen LogP contribution in [0.15, 0.2) is 24.3 Å². The zero-order chi connectivity index (χ0) is 21.3. The Balaban J connectivity index is 1.59. The first-order valence-electron chi connectivity index (χ1n) is 10.1. The SMILES string of the molecule is CCNc1cc(F)cc2c1NC(=O)[C@]2(C)N1CCCC(Nc2ccc(C#N)nn2)C1. The fourth-order valence-corrected chi connectivity index (χ4v) is 4.31. The summed E-state index contributed by atoms with van der Waals surface area (Å²) in [4.78, 5) is 15.2. The molecule has 0 spiro atoms. The van der Waals surface area contributed by atoms with Crippen molar-refractivity contribution in [3.05, 3.63) is 41.3 Å². The maximum absolute atomic E-state index is 14.4. The first-order chi connectivity index (χ1) is 14.5. The third-order valence-electron chi connectivity index (χ3n) is 5.86. The Morgan fingerprint density at radius 1 is 1.40 bits per heavy atom. The molecule has 2 aromatic rings. The second-order valence-corrected chi connectivity index (χ2v) is 7.78. The maximum Gasteiger partial charge on any atom is 0.249 e. The lowest BCUT2D eigenvalue weighted by molar-refractivity contribution is -0.127. The van der Waals surface area contributed by atoms with E-state index in [9.17, 15) is 9.18 Å². The van der Waals surface area contributed by atoms with Crippen LogP contribution in [0.1, 0.15) is 37.9 Å². The summed E-state index contributed by atoms with van der Waals surface area (Å²) >= 11 is 0. The Morgan fingerprint density at radius 3 is 2.93 bits per heavy atom. The summed E-state index contributed by atoms with van der Waals surface area (Å²) < 4.78 is 14.4. The van der Waals surface area contributed by atoms with E-state index in [-0.39, 0.29) is 23.5 Å². The van der Waals surface area contributed by atoms with Crippen LogP contribution in [0.3, 0.4) is 0 Å². The highest BCUT2D eigenvalue weighted by Gasteiger charge is 2.49. The number of anilines is 3. The Hall–Kier alpha value is -3.25. The normalized spacial score (nSPS) is 23.4. The number of carbonyl (C=O) groups excluding carboxylic acids is 1. The van der Waals surface area contributed by atoms with Crippen molar-refractivity contribution in [1.82, 2.24) is 15.1 Å². The number of nitriles is 1. The van der Waals surface area contributed by atoms with Crippen LogP contribution >= 0.6 is 0 Å². The van der Waals surface area contributed by atoms with Gasteiger partial charge in [0.2, 0.25) is 5.91 Å². The molecular weight excluding hydrogens is 385 g/mol. The molecular formula is C21H24FN7O. The number of halogens is 1. The molecule has 1 amide bonds. The van der Waals surface area contributed by atoms with Gasteiger partial charge in [0, 0.05) is 24.7 Å². The second kappa shape index (κ2) is 7.88. The number of rotatable bonds is 5. The van der Waals surface area contributed by atoms with E-state index < -0.39 is 5.54 Å². The number of fused-ring (bicyclic) bond motifs is 1. The maximum atomic E-state index is 14.4. The highest BCUT2D eigenvalue weighted by Crippen LogP contribution is 2.45. The number of nitrogens with one attached hydrogen (secondary N) is 3. The fourth-order valence-electron chi connectivity index (χ4n) is 4.31. The molecule has 1 aromatic carbocycles. The third kappa shape index (κ3) is 3.44. The predicted octanol–water partition coefficient (Wildman–Crippen LogP) is 2.66. The van der Waals surface area contributed by atoms with Crippen molar-refractivity contribution in [2.75, 3.05) is 35.6 Å². The van der Waals surface area contributed by atoms with Crippen molar-refractivity contribution in [2.45, 2.75) is 38.3 Å². The lowest BCUT2D eigenvalue weighted by Gasteiger charge is -2.42. The first kappa shape index (κ1) is 20.0. The van der Waals surface area contributed by atoms with E-state index >= 15 is 0 Å². The molecule has 9 heteroatoms. The number of hydrogen-bond donors (Lipinski definition) is 3. The molecule has 156 valence electrons. The molecule has 2 aliphatic rings. The van der Waals surface area contributed by atoms with Gasteiger partial charge in [-0.3, -0.25) is 9.69 Å². The Kier molecular flexibility index (Phi) is 5.26. The molecule has 4 rings (SSSR count). The van der Waals surface area contributed by atoms with Gasteiger partial charge in [-0.15, -0.1) is 10.2 Å². The molecule has 1 saturated heterocycles. The molecule has 0 radical (unpaired) electrons. The number of likely N-dealkylation sites (tertiary alicyclic amines) is 1. The molecule has 3 N–H and O–H groups in total. The third-order valence-corrected chi connectivity index (χ3v) is 5.86. The van der Waals surface area contributed by atoms with Gasteiger partial charge in [-0.25, -0.2) is 4.39 Å². The molecule has 3 heterocycles. The summed E-state index contributed by atoms with van der Waals surface area (Å²) in [5.41, 5.74) is 1.21. The van der Waals surface area contributed by atoms with Crippen LogP contribution in [0, 0.1) is 17.1 Å². The van der Waals surface area contributed by atoms with Crippen molar-refractivity contribution in [2.24, 2.45) is 0 Å². The van der Waals surface area contributed by atoms with Crippen LogP contribution in [-0.2, 0) is 10.3 Å². The molecule has 1 unspecified atom stereocenters. The van der Waals surface area contributed by atoms with Crippen molar-refractivity contribution in [3.63, 3.8) is 0 Å². The summed E-state index contributed by atoms with van der Waals surface area (Å²) in [7, 11) is 0. The van der Waals surface area contributed by atoms with Crippen LogP contribution in [0.25, 0.3) is 0 Å². The van der Waals surface area contributed by atoms with Crippen LogP contribution in [-0.4, -0.2) is 46.7 Å². The fraction of sp³-hybridized carbons (Fsp3) is 0.429. The van der Waals surface area contributed by atoms with Gasteiger partial charge in [-0.2, -0.15) is 5.26 Å². The standard InChI is InChI=1S/C21H24FN7O/c1-3-24-17-10-13(22)9-16-19(17)26-20(30)21(16,2)29-8-4-5-15(12-29)25-18-7-6-14(11-23)27-28-18/h6-7,9-10,15,24H,3-5,8,12H2,1-2H3,(H,25,28)(H,26,30)/t15?,21-/m1/s1. The van der Waals surface area contributed by atoms with Gasteiger partial charge in [0.15, 0.2) is 5.69 Å². The Labute approximate surface area is 174 Å². The lowest BCUT2D eigenvalue weighted by atomic mass is 9.88.